The Kier molecular flexibility index (Phi) is 5.51. The molecule has 0 amide bonds. The summed E-state index contributed by atoms with van der Waals surface area (Å²) in [5.74, 6) is -1.01. The molecule has 0 spiro atoms. The molecule has 0 heterocycles. The van der Waals surface area contributed by atoms with Crippen molar-refractivity contribution in [1.82, 2.24) is 0 Å². The van der Waals surface area contributed by atoms with Gasteiger partial charge in [0, 0.05) is 12.0 Å². The minimum Gasteiger partial charge on any atom is -0.480 e. The first-order valence-electron chi connectivity index (χ1n) is 6.64. The quantitative estimate of drug-likeness (QED) is 0.700. The summed E-state index contributed by atoms with van der Waals surface area (Å²) in [5, 5.41) is 18.2. The first-order chi connectivity index (χ1) is 8.95. The zero-order valence-electron chi connectivity index (χ0n) is 11.6. The molecule has 1 aromatic carbocycles. The summed E-state index contributed by atoms with van der Waals surface area (Å²) in [6.07, 6.45) is 1.98. The highest BCUT2D eigenvalue weighted by molar-refractivity contribution is 5.75. The Labute approximate surface area is 114 Å². The van der Waals surface area contributed by atoms with Crippen LogP contribution in [-0.2, 0) is 16.6 Å². The fraction of sp³-hybridized carbons (Fsp3) is 0.533. The Morgan fingerprint density at radius 3 is 2.68 bits per heavy atom. The molecule has 0 aliphatic carbocycles. The van der Waals surface area contributed by atoms with E-state index < -0.39 is 17.4 Å². The molecule has 4 N–H and O–H groups in total. The number of carbonyl (C=O) groups is 1. The normalized spacial score (nSPS) is 15.8. The molecule has 0 aliphatic heterocycles. The van der Waals surface area contributed by atoms with Gasteiger partial charge >= 0.3 is 5.97 Å². The van der Waals surface area contributed by atoms with E-state index in [1.807, 2.05) is 31.2 Å². The number of aryl methyl sites for hydroxylation is 1. The van der Waals surface area contributed by atoms with Gasteiger partial charge < -0.3 is 15.9 Å². The fourth-order valence-corrected chi connectivity index (χ4v) is 2.34. The van der Waals surface area contributed by atoms with Crippen LogP contribution in [0.15, 0.2) is 24.3 Å². The molecule has 0 aromatic heterocycles. The number of aliphatic hydroxyl groups excluding tert-OH is 1. The number of nitrogens with two attached hydrogens (primary N) is 1. The third-order valence-electron chi connectivity index (χ3n) is 3.80. The summed E-state index contributed by atoms with van der Waals surface area (Å²) in [4.78, 5) is 11.2. The monoisotopic (exact) mass is 265 g/mol. The van der Waals surface area contributed by atoms with Gasteiger partial charge in [-0.15, -0.1) is 0 Å². The Balaban J connectivity index is 3.17. The van der Waals surface area contributed by atoms with E-state index in [-0.39, 0.29) is 6.61 Å². The summed E-state index contributed by atoms with van der Waals surface area (Å²) < 4.78 is 0. The molecule has 0 saturated carbocycles. The highest BCUT2D eigenvalue weighted by atomic mass is 16.4. The molecular weight excluding hydrogens is 242 g/mol. The van der Waals surface area contributed by atoms with Gasteiger partial charge in [-0.25, -0.2) is 0 Å². The fourth-order valence-electron chi connectivity index (χ4n) is 2.34. The second kappa shape index (κ2) is 6.68. The largest absolute Gasteiger partial charge is 0.480 e. The van der Waals surface area contributed by atoms with E-state index in [0.717, 1.165) is 17.5 Å². The van der Waals surface area contributed by atoms with Crippen LogP contribution < -0.4 is 5.73 Å². The minimum absolute atomic E-state index is 0.0371. The van der Waals surface area contributed by atoms with Gasteiger partial charge in [0.25, 0.3) is 0 Å². The molecule has 0 bridgehead atoms. The van der Waals surface area contributed by atoms with Crippen molar-refractivity contribution < 1.29 is 15.0 Å². The number of benzene rings is 1. The van der Waals surface area contributed by atoms with Crippen LogP contribution in [0.25, 0.3) is 0 Å². The SMILES string of the molecule is CCc1cccc(C(C)(CCCO)[C@H](N)C(=O)O)c1. The third-order valence-corrected chi connectivity index (χ3v) is 3.80. The summed E-state index contributed by atoms with van der Waals surface area (Å²) in [6.45, 7) is 3.95. The van der Waals surface area contributed by atoms with Crippen LogP contribution in [0.5, 0.6) is 0 Å². The van der Waals surface area contributed by atoms with Crippen molar-refractivity contribution >= 4 is 5.97 Å². The second-order valence-electron chi connectivity index (χ2n) is 5.11. The molecule has 0 fully saturated rings. The third kappa shape index (κ3) is 3.55. The smallest absolute Gasteiger partial charge is 0.321 e. The molecule has 4 nitrogen and oxygen atoms in total. The average Bonchev–Trinajstić information content (AvgIpc) is 2.43. The van der Waals surface area contributed by atoms with Gasteiger partial charge in [-0.3, -0.25) is 4.79 Å². The van der Waals surface area contributed by atoms with Gasteiger partial charge in [-0.2, -0.15) is 0 Å². The Morgan fingerprint density at radius 2 is 2.16 bits per heavy atom. The molecule has 106 valence electrons. The van der Waals surface area contributed by atoms with Crippen LogP contribution in [-0.4, -0.2) is 28.8 Å². The zero-order valence-corrected chi connectivity index (χ0v) is 11.6. The van der Waals surface area contributed by atoms with Crippen LogP contribution in [0.2, 0.25) is 0 Å². The van der Waals surface area contributed by atoms with Gasteiger partial charge in [0.15, 0.2) is 0 Å². The van der Waals surface area contributed by atoms with Crippen molar-refractivity contribution in [2.45, 2.75) is 44.6 Å². The van der Waals surface area contributed by atoms with E-state index in [4.69, 9.17) is 10.8 Å². The average molecular weight is 265 g/mol. The molecular formula is C15H23NO3. The minimum atomic E-state index is -1.01. The number of carboxylic acid groups (broad SMARTS) is 1. The molecule has 4 heteroatoms. The number of hydrogen-bond acceptors (Lipinski definition) is 3. The Hall–Kier alpha value is -1.39. The van der Waals surface area contributed by atoms with Crippen LogP contribution in [0.4, 0.5) is 0 Å². The zero-order chi connectivity index (χ0) is 14.5. The van der Waals surface area contributed by atoms with Crippen molar-refractivity contribution in [2.75, 3.05) is 6.61 Å². The lowest BCUT2D eigenvalue weighted by molar-refractivity contribution is -0.140. The van der Waals surface area contributed by atoms with E-state index in [1.165, 1.54) is 0 Å². The van der Waals surface area contributed by atoms with Crippen molar-refractivity contribution in [1.29, 1.82) is 0 Å². The van der Waals surface area contributed by atoms with Crippen LogP contribution in [0, 0.1) is 0 Å². The topological polar surface area (TPSA) is 83.5 Å². The highest BCUT2D eigenvalue weighted by Gasteiger charge is 2.37. The van der Waals surface area contributed by atoms with E-state index in [0.29, 0.717) is 12.8 Å². The van der Waals surface area contributed by atoms with E-state index >= 15 is 0 Å². The van der Waals surface area contributed by atoms with Crippen molar-refractivity contribution in [3.05, 3.63) is 35.4 Å². The van der Waals surface area contributed by atoms with E-state index in [9.17, 15) is 9.90 Å². The van der Waals surface area contributed by atoms with Gasteiger partial charge in [-0.1, -0.05) is 38.1 Å². The number of rotatable bonds is 7. The molecule has 0 aliphatic rings. The van der Waals surface area contributed by atoms with E-state index in [1.54, 1.807) is 0 Å². The van der Waals surface area contributed by atoms with Gasteiger partial charge in [0.05, 0.1) is 0 Å². The maximum atomic E-state index is 11.2. The molecule has 2 atom stereocenters. The standard InChI is InChI=1S/C15H23NO3/c1-3-11-6-4-7-12(10-11)15(2,8-5-9-17)13(16)14(18)19/h4,6-7,10,13,17H,3,5,8-9,16H2,1-2H3,(H,18,19)/t13-,15?/m1/s1. The number of aliphatic carboxylic acids is 1. The maximum absolute atomic E-state index is 11.2. The number of aliphatic hydroxyl groups is 1. The number of hydrogen-bond donors (Lipinski definition) is 3. The van der Waals surface area contributed by atoms with Crippen molar-refractivity contribution in [3.63, 3.8) is 0 Å². The van der Waals surface area contributed by atoms with Gasteiger partial charge in [0.1, 0.15) is 6.04 Å². The Bertz CT molecular complexity index is 433. The molecule has 1 rings (SSSR count). The lowest BCUT2D eigenvalue weighted by Gasteiger charge is -2.34. The van der Waals surface area contributed by atoms with Crippen LogP contribution in [0.3, 0.4) is 0 Å². The lowest BCUT2D eigenvalue weighted by atomic mass is 9.72. The maximum Gasteiger partial charge on any atom is 0.321 e. The molecule has 1 unspecified atom stereocenters. The van der Waals surface area contributed by atoms with Crippen LogP contribution in [0.1, 0.15) is 37.8 Å². The first kappa shape index (κ1) is 15.7. The summed E-state index contributed by atoms with van der Waals surface area (Å²) in [5.41, 5.74) is 7.30. The molecule has 1 aromatic rings. The predicted octanol–water partition coefficient (Wildman–Crippen LogP) is 1.69. The second-order valence-corrected chi connectivity index (χ2v) is 5.11. The Morgan fingerprint density at radius 1 is 1.47 bits per heavy atom. The predicted molar refractivity (Wildman–Crippen MR) is 75.1 cm³/mol. The van der Waals surface area contributed by atoms with Crippen LogP contribution >= 0.6 is 0 Å². The molecule has 0 radical (unpaired) electrons. The first-order valence-corrected chi connectivity index (χ1v) is 6.64. The summed E-state index contributed by atoms with van der Waals surface area (Å²) in [6, 6.07) is 6.90. The van der Waals surface area contributed by atoms with E-state index in [2.05, 4.69) is 6.92 Å². The van der Waals surface area contributed by atoms with Crippen molar-refractivity contribution in [2.24, 2.45) is 5.73 Å². The van der Waals surface area contributed by atoms with Gasteiger partial charge in [-0.05, 0) is 30.4 Å². The lowest BCUT2D eigenvalue weighted by Crippen LogP contribution is -2.48. The highest BCUT2D eigenvalue weighted by Crippen LogP contribution is 2.32. The van der Waals surface area contributed by atoms with Crippen molar-refractivity contribution in [3.8, 4) is 0 Å². The summed E-state index contributed by atoms with van der Waals surface area (Å²) in [7, 11) is 0. The summed E-state index contributed by atoms with van der Waals surface area (Å²) >= 11 is 0. The van der Waals surface area contributed by atoms with Gasteiger partial charge in [0.2, 0.25) is 0 Å². The molecule has 0 saturated heterocycles. The molecule has 19 heavy (non-hydrogen) atoms. The number of carboxylic acids is 1.